The first-order chi connectivity index (χ1) is 14.0. The van der Waals surface area contributed by atoms with Crippen LogP contribution in [0, 0.1) is 13.8 Å². The number of nitrogens with one attached hydrogen (secondary N) is 1. The minimum Gasteiger partial charge on any atom is -0.382 e. The number of anilines is 1. The largest absolute Gasteiger partial charge is 0.382 e. The molecule has 3 N–H and O–H groups in total. The standard InChI is InChI=1S/C23H31N5O/c1-4-5-13-19-27-20-21(16(2)17(3)26-22(20)24)28(19)15-10-9-14-25-23(29)18-11-7-6-8-12-18/h6-8,11-12H,4-5,9-10,13-15H2,1-3H3,(H2,24,26)(H,25,29). The number of hydrogen-bond donors (Lipinski definition) is 2. The van der Waals surface area contributed by atoms with Gasteiger partial charge in [-0.1, -0.05) is 31.5 Å². The van der Waals surface area contributed by atoms with Crippen molar-refractivity contribution in [2.45, 2.75) is 59.4 Å². The Morgan fingerprint density at radius 1 is 1.10 bits per heavy atom. The number of carbonyl (C=O) groups excluding carboxylic acids is 1. The summed E-state index contributed by atoms with van der Waals surface area (Å²) in [6.45, 7) is 7.79. The number of benzene rings is 1. The van der Waals surface area contributed by atoms with Gasteiger partial charge in [-0.3, -0.25) is 4.79 Å². The van der Waals surface area contributed by atoms with Crippen LogP contribution in [0.3, 0.4) is 0 Å². The second-order valence-corrected chi connectivity index (χ2v) is 7.52. The monoisotopic (exact) mass is 393 g/mol. The second-order valence-electron chi connectivity index (χ2n) is 7.52. The summed E-state index contributed by atoms with van der Waals surface area (Å²) in [4.78, 5) is 21.4. The Labute approximate surface area is 172 Å². The van der Waals surface area contributed by atoms with E-state index in [2.05, 4.69) is 28.7 Å². The molecule has 1 amide bonds. The summed E-state index contributed by atoms with van der Waals surface area (Å²) >= 11 is 0. The quantitative estimate of drug-likeness (QED) is 0.534. The SMILES string of the molecule is CCCCc1nc2c(N)nc(C)c(C)c2n1CCCCNC(=O)c1ccccc1. The minimum absolute atomic E-state index is 0.0207. The molecule has 1 aromatic carbocycles. The van der Waals surface area contributed by atoms with Crippen molar-refractivity contribution in [3.8, 4) is 0 Å². The van der Waals surface area contributed by atoms with Crippen LogP contribution in [-0.2, 0) is 13.0 Å². The molecule has 3 rings (SSSR count). The van der Waals surface area contributed by atoms with E-state index in [0.717, 1.165) is 66.8 Å². The van der Waals surface area contributed by atoms with Crippen molar-refractivity contribution in [2.24, 2.45) is 0 Å². The first-order valence-corrected chi connectivity index (χ1v) is 10.5. The molecule has 0 fully saturated rings. The van der Waals surface area contributed by atoms with Crippen LogP contribution < -0.4 is 11.1 Å². The molecule has 6 nitrogen and oxygen atoms in total. The fraction of sp³-hybridized carbons (Fsp3) is 0.435. The maximum atomic E-state index is 12.2. The van der Waals surface area contributed by atoms with Gasteiger partial charge in [0.15, 0.2) is 5.82 Å². The molecule has 3 aromatic rings. The fourth-order valence-electron chi connectivity index (χ4n) is 3.60. The topological polar surface area (TPSA) is 85.8 Å². The van der Waals surface area contributed by atoms with Crippen molar-refractivity contribution in [1.82, 2.24) is 19.9 Å². The zero-order chi connectivity index (χ0) is 20.8. The van der Waals surface area contributed by atoms with Gasteiger partial charge < -0.3 is 15.6 Å². The Balaban J connectivity index is 1.67. The zero-order valence-electron chi connectivity index (χ0n) is 17.7. The van der Waals surface area contributed by atoms with Gasteiger partial charge in [0.2, 0.25) is 0 Å². The van der Waals surface area contributed by atoms with Crippen LogP contribution in [-0.4, -0.2) is 27.0 Å². The lowest BCUT2D eigenvalue weighted by Gasteiger charge is -2.12. The van der Waals surface area contributed by atoms with Crippen molar-refractivity contribution in [2.75, 3.05) is 12.3 Å². The lowest BCUT2D eigenvalue weighted by atomic mass is 10.2. The Bertz CT molecular complexity index is 978. The average molecular weight is 394 g/mol. The van der Waals surface area contributed by atoms with Gasteiger partial charge in [0.25, 0.3) is 5.91 Å². The number of fused-ring (bicyclic) bond motifs is 1. The fourth-order valence-corrected chi connectivity index (χ4v) is 3.60. The summed E-state index contributed by atoms with van der Waals surface area (Å²) in [5.74, 6) is 1.57. The van der Waals surface area contributed by atoms with Gasteiger partial charge in [-0.05, 0) is 50.8 Å². The molecule has 0 atom stereocenters. The third-order valence-corrected chi connectivity index (χ3v) is 5.36. The molecule has 0 aliphatic carbocycles. The molecule has 0 unspecified atom stereocenters. The van der Waals surface area contributed by atoms with E-state index in [-0.39, 0.29) is 5.91 Å². The van der Waals surface area contributed by atoms with Crippen LogP contribution in [0.4, 0.5) is 5.82 Å². The van der Waals surface area contributed by atoms with Crippen LogP contribution in [0.15, 0.2) is 30.3 Å². The number of nitrogen functional groups attached to an aromatic ring is 1. The highest BCUT2D eigenvalue weighted by atomic mass is 16.1. The number of amides is 1. The van der Waals surface area contributed by atoms with E-state index in [1.54, 1.807) is 0 Å². The van der Waals surface area contributed by atoms with Crippen molar-refractivity contribution < 1.29 is 4.79 Å². The average Bonchev–Trinajstić information content (AvgIpc) is 3.10. The first kappa shape index (κ1) is 20.8. The highest BCUT2D eigenvalue weighted by Gasteiger charge is 2.17. The molecule has 0 saturated heterocycles. The van der Waals surface area contributed by atoms with Crippen LogP contribution in [0.1, 0.15) is 60.0 Å². The van der Waals surface area contributed by atoms with Crippen molar-refractivity contribution >= 4 is 22.8 Å². The number of hydrogen-bond acceptors (Lipinski definition) is 4. The van der Waals surface area contributed by atoms with Gasteiger partial charge in [0.1, 0.15) is 11.3 Å². The lowest BCUT2D eigenvalue weighted by Crippen LogP contribution is -2.24. The number of aromatic nitrogens is 3. The van der Waals surface area contributed by atoms with Gasteiger partial charge in [-0.25, -0.2) is 9.97 Å². The Morgan fingerprint density at radius 2 is 1.86 bits per heavy atom. The number of imidazole rings is 1. The first-order valence-electron chi connectivity index (χ1n) is 10.5. The summed E-state index contributed by atoms with van der Waals surface area (Å²) < 4.78 is 2.31. The molecule has 0 bridgehead atoms. The maximum absolute atomic E-state index is 12.2. The molecule has 2 aromatic heterocycles. The summed E-state index contributed by atoms with van der Waals surface area (Å²) in [6, 6.07) is 9.32. The summed E-state index contributed by atoms with van der Waals surface area (Å²) in [5, 5.41) is 3.00. The molecule has 0 saturated carbocycles. The van der Waals surface area contributed by atoms with E-state index < -0.39 is 0 Å². The number of pyridine rings is 1. The molecule has 6 heteroatoms. The van der Waals surface area contributed by atoms with Crippen LogP contribution in [0.5, 0.6) is 0 Å². The molecule has 2 heterocycles. The minimum atomic E-state index is -0.0207. The molecular formula is C23H31N5O. The third kappa shape index (κ3) is 4.75. The van der Waals surface area contributed by atoms with Gasteiger partial charge in [0, 0.05) is 30.8 Å². The molecule has 0 spiro atoms. The second kappa shape index (κ2) is 9.54. The van der Waals surface area contributed by atoms with Gasteiger partial charge in [0.05, 0.1) is 5.52 Å². The van der Waals surface area contributed by atoms with Crippen molar-refractivity contribution in [1.29, 1.82) is 0 Å². The van der Waals surface area contributed by atoms with Crippen LogP contribution in [0.2, 0.25) is 0 Å². The van der Waals surface area contributed by atoms with E-state index in [1.807, 2.05) is 37.3 Å². The molecule has 29 heavy (non-hydrogen) atoms. The number of nitrogens with two attached hydrogens (primary N) is 1. The molecule has 0 aliphatic heterocycles. The zero-order valence-corrected chi connectivity index (χ0v) is 17.7. The molecular weight excluding hydrogens is 362 g/mol. The van der Waals surface area contributed by atoms with E-state index in [1.165, 1.54) is 0 Å². The van der Waals surface area contributed by atoms with Gasteiger partial charge >= 0.3 is 0 Å². The number of nitrogens with zero attached hydrogens (tertiary/aromatic N) is 3. The molecule has 0 aliphatic rings. The summed E-state index contributed by atoms with van der Waals surface area (Å²) in [6.07, 6.45) is 5.03. The highest BCUT2D eigenvalue weighted by molar-refractivity contribution is 5.94. The lowest BCUT2D eigenvalue weighted by molar-refractivity contribution is 0.0953. The Morgan fingerprint density at radius 3 is 2.59 bits per heavy atom. The number of rotatable bonds is 9. The van der Waals surface area contributed by atoms with Gasteiger partial charge in [-0.2, -0.15) is 0 Å². The van der Waals surface area contributed by atoms with Crippen molar-refractivity contribution in [3.05, 3.63) is 53.0 Å². The van der Waals surface area contributed by atoms with E-state index in [4.69, 9.17) is 10.7 Å². The Hall–Kier alpha value is -2.89. The number of carbonyl (C=O) groups is 1. The van der Waals surface area contributed by atoms with E-state index in [0.29, 0.717) is 17.9 Å². The third-order valence-electron chi connectivity index (χ3n) is 5.36. The smallest absolute Gasteiger partial charge is 0.251 e. The maximum Gasteiger partial charge on any atom is 0.251 e. The number of aryl methyl sites for hydroxylation is 4. The predicted octanol–water partition coefficient (Wildman–Crippen LogP) is 4.18. The van der Waals surface area contributed by atoms with Crippen LogP contribution >= 0.6 is 0 Å². The highest BCUT2D eigenvalue weighted by Crippen LogP contribution is 2.27. The van der Waals surface area contributed by atoms with Crippen molar-refractivity contribution in [3.63, 3.8) is 0 Å². The van der Waals surface area contributed by atoms with E-state index >= 15 is 0 Å². The van der Waals surface area contributed by atoms with Gasteiger partial charge in [-0.15, -0.1) is 0 Å². The molecule has 0 radical (unpaired) electrons. The Kier molecular flexibility index (Phi) is 6.86. The van der Waals surface area contributed by atoms with Crippen LogP contribution in [0.25, 0.3) is 11.0 Å². The number of unbranched alkanes of at least 4 members (excludes halogenated alkanes) is 2. The van der Waals surface area contributed by atoms with E-state index in [9.17, 15) is 4.79 Å². The normalized spacial score (nSPS) is 11.1. The molecule has 154 valence electrons. The summed E-state index contributed by atoms with van der Waals surface area (Å²) in [7, 11) is 0. The predicted molar refractivity (Wildman–Crippen MR) is 118 cm³/mol. The summed E-state index contributed by atoms with van der Waals surface area (Å²) in [5.41, 5.74) is 10.9.